The highest BCUT2D eigenvalue weighted by atomic mass is 32.2. The maximum absolute atomic E-state index is 12.4. The molecular formula is C15H26N2OS. The van der Waals surface area contributed by atoms with Gasteiger partial charge in [-0.3, -0.25) is 4.79 Å². The number of carbonyl (C=O) groups is 1. The molecule has 1 saturated heterocycles. The molecule has 2 N–H and O–H groups in total. The molecular weight excluding hydrogens is 256 g/mol. The Kier molecular flexibility index (Phi) is 5.34. The van der Waals surface area contributed by atoms with E-state index in [0.717, 1.165) is 38.1 Å². The van der Waals surface area contributed by atoms with Crippen molar-refractivity contribution in [3.63, 3.8) is 0 Å². The van der Waals surface area contributed by atoms with Gasteiger partial charge in [0.2, 0.25) is 5.91 Å². The third-order valence-corrected chi connectivity index (χ3v) is 5.13. The van der Waals surface area contributed by atoms with Crippen LogP contribution in [0.25, 0.3) is 0 Å². The second-order valence-corrected chi connectivity index (χ2v) is 6.95. The molecule has 1 spiro atoms. The van der Waals surface area contributed by atoms with Gasteiger partial charge < -0.3 is 10.6 Å². The molecule has 0 saturated carbocycles. The van der Waals surface area contributed by atoms with Crippen LogP contribution in [0.15, 0.2) is 12.2 Å². The topological polar surface area (TPSA) is 46.3 Å². The summed E-state index contributed by atoms with van der Waals surface area (Å²) in [6, 6.07) is -0.304. The summed E-state index contributed by atoms with van der Waals surface area (Å²) in [4.78, 5) is 14.4. The van der Waals surface area contributed by atoms with E-state index in [2.05, 4.69) is 18.4 Å². The fourth-order valence-electron chi connectivity index (χ4n) is 3.31. The first kappa shape index (κ1) is 14.9. The van der Waals surface area contributed by atoms with Crippen molar-refractivity contribution in [1.29, 1.82) is 0 Å². The third-order valence-electron chi connectivity index (χ3n) is 4.48. The smallest absolute Gasteiger partial charge is 0.239 e. The second-order valence-electron chi connectivity index (χ2n) is 5.97. The van der Waals surface area contributed by atoms with Crippen LogP contribution in [0.2, 0.25) is 0 Å². The average molecular weight is 282 g/mol. The maximum atomic E-state index is 12.4. The molecule has 0 aromatic heterocycles. The lowest BCUT2D eigenvalue weighted by molar-refractivity contribution is -0.136. The van der Waals surface area contributed by atoms with Crippen LogP contribution in [0.5, 0.6) is 0 Å². The zero-order valence-electron chi connectivity index (χ0n) is 11.9. The molecule has 0 unspecified atom stereocenters. The molecule has 1 fully saturated rings. The van der Waals surface area contributed by atoms with Gasteiger partial charge in [0.15, 0.2) is 0 Å². The molecule has 1 aliphatic heterocycles. The van der Waals surface area contributed by atoms with E-state index in [1.54, 1.807) is 11.8 Å². The number of likely N-dealkylation sites (tertiary alicyclic amines) is 1. The van der Waals surface area contributed by atoms with E-state index in [4.69, 9.17) is 5.73 Å². The molecule has 1 aliphatic carbocycles. The minimum Gasteiger partial charge on any atom is -0.341 e. The number of rotatable bonds is 4. The standard InChI is InChI=1S/C15H26N2OS/c1-19-11-6-13(16)14(18)17-10-5-9-15(12-17)7-3-2-4-8-15/h2-3,13H,4-12,16H2,1H3/t13-,15-/m0/s1. The van der Waals surface area contributed by atoms with Crippen molar-refractivity contribution in [2.45, 2.75) is 44.6 Å². The largest absolute Gasteiger partial charge is 0.341 e. The number of hydrogen-bond donors (Lipinski definition) is 1. The highest BCUT2D eigenvalue weighted by Gasteiger charge is 2.37. The van der Waals surface area contributed by atoms with Crippen molar-refractivity contribution in [3.8, 4) is 0 Å². The van der Waals surface area contributed by atoms with Gasteiger partial charge in [-0.1, -0.05) is 12.2 Å². The fourth-order valence-corrected chi connectivity index (χ4v) is 3.80. The Morgan fingerprint density at radius 3 is 3.00 bits per heavy atom. The number of carbonyl (C=O) groups excluding carboxylic acids is 1. The van der Waals surface area contributed by atoms with Crippen LogP contribution in [-0.4, -0.2) is 41.9 Å². The van der Waals surface area contributed by atoms with Gasteiger partial charge >= 0.3 is 0 Å². The minimum absolute atomic E-state index is 0.169. The van der Waals surface area contributed by atoms with E-state index >= 15 is 0 Å². The molecule has 0 aromatic carbocycles. The minimum atomic E-state index is -0.304. The molecule has 1 amide bonds. The highest BCUT2D eigenvalue weighted by Crippen LogP contribution is 2.40. The lowest BCUT2D eigenvalue weighted by Gasteiger charge is -2.44. The van der Waals surface area contributed by atoms with Crippen LogP contribution in [0.4, 0.5) is 0 Å². The fraction of sp³-hybridized carbons (Fsp3) is 0.800. The summed E-state index contributed by atoms with van der Waals surface area (Å²) in [5.74, 6) is 1.14. The predicted octanol–water partition coefficient (Wildman–Crippen LogP) is 2.42. The van der Waals surface area contributed by atoms with Gasteiger partial charge in [0, 0.05) is 13.1 Å². The van der Waals surface area contributed by atoms with E-state index in [1.807, 2.05) is 4.90 Å². The Morgan fingerprint density at radius 1 is 1.47 bits per heavy atom. The van der Waals surface area contributed by atoms with E-state index in [1.165, 1.54) is 19.3 Å². The summed E-state index contributed by atoms with van der Waals surface area (Å²) in [6.07, 6.45) is 13.4. The van der Waals surface area contributed by atoms with Crippen molar-refractivity contribution in [2.24, 2.45) is 11.1 Å². The zero-order chi connectivity index (χ0) is 13.7. The molecule has 2 aliphatic rings. The van der Waals surface area contributed by atoms with Crippen LogP contribution in [0, 0.1) is 5.41 Å². The number of piperidine rings is 1. The Labute approximate surface area is 121 Å². The molecule has 4 heteroatoms. The van der Waals surface area contributed by atoms with Gasteiger partial charge in [-0.2, -0.15) is 11.8 Å². The number of thioether (sulfide) groups is 1. The summed E-state index contributed by atoms with van der Waals surface area (Å²) in [5, 5.41) is 0. The number of nitrogens with zero attached hydrogens (tertiary/aromatic N) is 1. The summed E-state index contributed by atoms with van der Waals surface area (Å²) >= 11 is 1.76. The van der Waals surface area contributed by atoms with E-state index in [-0.39, 0.29) is 11.9 Å². The van der Waals surface area contributed by atoms with Crippen LogP contribution >= 0.6 is 11.8 Å². The molecule has 108 valence electrons. The van der Waals surface area contributed by atoms with Gasteiger partial charge in [-0.05, 0) is 55.9 Å². The predicted molar refractivity (Wildman–Crippen MR) is 82.2 cm³/mol. The lowest BCUT2D eigenvalue weighted by atomic mass is 9.71. The molecule has 3 nitrogen and oxygen atoms in total. The van der Waals surface area contributed by atoms with Gasteiger partial charge in [-0.15, -0.1) is 0 Å². The van der Waals surface area contributed by atoms with Crippen molar-refractivity contribution in [2.75, 3.05) is 25.1 Å². The van der Waals surface area contributed by atoms with Crippen molar-refractivity contribution in [1.82, 2.24) is 4.90 Å². The Morgan fingerprint density at radius 2 is 2.32 bits per heavy atom. The molecule has 2 rings (SSSR count). The molecule has 1 heterocycles. The van der Waals surface area contributed by atoms with Gasteiger partial charge in [0.05, 0.1) is 6.04 Å². The van der Waals surface area contributed by atoms with Gasteiger partial charge in [-0.25, -0.2) is 0 Å². The lowest BCUT2D eigenvalue weighted by Crippen LogP contribution is -2.51. The number of allylic oxidation sites excluding steroid dienone is 2. The van der Waals surface area contributed by atoms with E-state index < -0.39 is 0 Å². The molecule has 0 bridgehead atoms. The third kappa shape index (κ3) is 3.76. The van der Waals surface area contributed by atoms with Crippen molar-refractivity contribution >= 4 is 17.7 Å². The Bertz CT molecular complexity index is 345. The van der Waals surface area contributed by atoms with Gasteiger partial charge in [0.1, 0.15) is 0 Å². The maximum Gasteiger partial charge on any atom is 0.239 e. The summed E-state index contributed by atoms with van der Waals surface area (Å²) in [6.45, 7) is 1.82. The van der Waals surface area contributed by atoms with E-state index in [0.29, 0.717) is 5.41 Å². The van der Waals surface area contributed by atoms with Crippen LogP contribution in [-0.2, 0) is 4.79 Å². The molecule has 2 atom stereocenters. The quantitative estimate of drug-likeness (QED) is 0.806. The van der Waals surface area contributed by atoms with E-state index in [9.17, 15) is 4.79 Å². The number of hydrogen-bond acceptors (Lipinski definition) is 3. The van der Waals surface area contributed by atoms with Crippen LogP contribution in [0.1, 0.15) is 38.5 Å². The normalized spacial score (nSPS) is 28.6. The van der Waals surface area contributed by atoms with Crippen LogP contribution in [0.3, 0.4) is 0 Å². The molecule has 0 aromatic rings. The number of nitrogens with two attached hydrogens (primary N) is 1. The highest BCUT2D eigenvalue weighted by molar-refractivity contribution is 7.98. The van der Waals surface area contributed by atoms with Crippen molar-refractivity contribution < 1.29 is 4.79 Å². The summed E-state index contributed by atoms with van der Waals surface area (Å²) in [5.41, 5.74) is 6.38. The summed E-state index contributed by atoms with van der Waals surface area (Å²) < 4.78 is 0. The second kappa shape index (κ2) is 6.80. The molecule has 19 heavy (non-hydrogen) atoms. The average Bonchev–Trinajstić information content (AvgIpc) is 2.45. The summed E-state index contributed by atoms with van der Waals surface area (Å²) in [7, 11) is 0. The Hall–Kier alpha value is -0.480. The first-order valence-electron chi connectivity index (χ1n) is 7.35. The monoisotopic (exact) mass is 282 g/mol. The van der Waals surface area contributed by atoms with Crippen molar-refractivity contribution in [3.05, 3.63) is 12.2 Å². The molecule has 0 radical (unpaired) electrons. The van der Waals surface area contributed by atoms with Gasteiger partial charge in [0.25, 0.3) is 0 Å². The zero-order valence-corrected chi connectivity index (χ0v) is 12.8. The number of amides is 1. The van der Waals surface area contributed by atoms with Crippen LogP contribution < -0.4 is 5.73 Å². The first-order valence-corrected chi connectivity index (χ1v) is 8.75. The first-order chi connectivity index (χ1) is 9.17. The SMILES string of the molecule is CSCC[C@H](N)C(=O)N1CCC[C@@]2(CC=CCC2)C1. The Balaban J connectivity index is 1.93.